The number of hydrogen-bond donors (Lipinski definition) is 2. The van der Waals surface area contributed by atoms with Crippen molar-refractivity contribution in [2.24, 2.45) is 0 Å². The first-order chi connectivity index (χ1) is 14.8. The standard InChI is InChI=1S/C22H18FN3O4S/c1-14-4-2-3-5-17(14)13-31-20-11-8-16(12-19(20)26(29)30)22(28)25-24-21(27)15-6-9-18(23)10-7-15/h2-12H,13H2,1H3,(H,24,27)(H,25,28). The van der Waals surface area contributed by atoms with Gasteiger partial charge in [-0.3, -0.25) is 30.6 Å². The Labute approximate surface area is 181 Å². The van der Waals surface area contributed by atoms with E-state index in [0.29, 0.717) is 10.6 Å². The van der Waals surface area contributed by atoms with Gasteiger partial charge in [-0.2, -0.15) is 0 Å². The lowest BCUT2D eigenvalue weighted by molar-refractivity contribution is -0.387. The second-order valence-corrected chi connectivity index (χ2v) is 7.59. The van der Waals surface area contributed by atoms with Crippen molar-refractivity contribution >= 4 is 29.3 Å². The molecule has 2 N–H and O–H groups in total. The summed E-state index contributed by atoms with van der Waals surface area (Å²) < 4.78 is 12.9. The highest BCUT2D eigenvalue weighted by molar-refractivity contribution is 7.98. The van der Waals surface area contributed by atoms with E-state index in [1.165, 1.54) is 42.1 Å². The molecule has 2 amide bonds. The molecular weight excluding hydrogens is 421 g/mol. The smallest absolute Gasteiger partial charge is 0.267 e. The first-order valence-corrected chi connectivity index (χ1v) is 10.2. The highest BCUT2D eigenvalue weighted by Crippen LogP contribution is 2.33. The zero-order chi connectivity index (χ0) is 22.4. The fourth-order valence-corrected chi connectivity index (χ4v) is 3.79. The number of hydrazine groups is 1. The van der Waals surface area contributed by atoms with E-state index < -0.39 is 22.6 Å². The van der Waals surface area contributed by atoms with Crippen molar-refractivity contribution in [3.63, 3.8) is 0 Å². The minimum atomic E-state index is -0.714. The van der Waals surface area contributed by atoms with Crippen molar-refractivity contribution in [3.8, 4) is 0 Å². The molecule has 0 spiro atoms. The molecule has 31 heavy (non-hydrogen) atoms. The molecule has 3 aromatic rings. The molecule has 3 rings (SSSR count). The van der Waals surface area contributed by atoms with E-state index >= 15 is 0 Å². The molecular formula is C22H18FN3O4S. The summed E-state index contributed by atoms with van der Waals surface area (Å²) in [6, 6.07) is 16.7. The van der Waals surface area contributed by atoms with E-state index in [0.717, 1.165) is 23.3 Å². The number of hydrogen-bond acceptors (Lipinski definition) is 5. The number of carbonyl (C=O) groups is 2. The summed E-state index contributed by atoms with van der Waals surface area (Å²) in [5.41, 5.74) is 6.52. The number of nitro groups is 1. The minimum Gasteiger partial charge on any atom is -0.267 e. The lowest BCUT2D eigenvalue weighted by Gasteiger charge is -2.09. The summed E-state index contributed by atoms with van der Waals surface area (Å²) in [7, 11) is 0. The van der Waals surface area contributed by atoms with Crippen LogP contribution < -0.4 is 10.9 Å². The van der Waals surface area contributed by atoms with Crippen molar-refractivity contribution in [2.45, 2.75) is 17.6 Å². The van der Waals surface area contributed by atoms with E-state index in [1.54, 1.807) is 0 Å². The van der Waals surface area contributed by atoms with Crippen molar-refractivity contribution in [1.29, 1.82) is 0 Å². The van der Waals surface area contributed by atoms with Gasteiger partial charge in [0, 0.05) is 22.9 Å². The van der Waals surface area contributed by atoms with E-state index in [9.17, 15) is 24.1 Å². The maximum absolute atomic E-state index is 12.9. The van der Waals surface area contributed by atoms with Gasteiger partial charge in [0.25, 0.3) is 17.5 Å². The number of halogens is 1. The van der Waals surface area contributed by atoms with E-state index in [1.807, 2.05) is 31.2 Å². The van der Waals surface area contributed by atoms with Crippen LogP contribution in [0.5, 0.6) is 0 Å². The second-order valence-electron chi connectivity index (χ2n) is 6.57. The van der Waals surface area contributed by atoms with Crippen LogP contribution in [0.25, 0.3) is 0 Å². The number of amides is 2. The Balaban J connectivity index is 1.68. The topological polar surface area (TPSA) is 101 Å². The van der Waals surface area contributed by atoms with Gasteiger partial charge in [-0.1, -0.05) is 24.3 Å². The first-order valence-electron chi connectivity index (χ1n) is 9.17. The molecule has 3 aromatic carbocycles. The SMILES string of the molecule is Cc1ccccc1CSc1ccc(C(=O)NNC(=O)c2ccc(F)cc2)cc1[N+](=O)[O-]. The van der Waals surface area contributed by atoms with Crippen LogP contribution >= 0.6 is 11.8 Å². The molecule has 0 saturated heterocycles. The van der Waals surface area contributed by atoms with Gasteiger partial charge in [0.15, 0.2) is 0 Å². The molecule has 0 aliphatic heterocycles. The molecule has 0 aliphatic rings. The number of benzene rings is 3. The molecule has 0 aromatic heterocycles. The third kappa shape index (κ3) is 5.67. The molecule has 0 saturated carbocycles. The van der Waals surface area contributed by atoms with Gasteiger partial charge in [0.1, 0.15) is 5.82 Å². The minimum absolute atomic E-state index is 0.0198. The van der Waals surface area contributed by atoms with Crippen molar-refractivity contribution in [2.75, 3.05) is 0 Å². The van der Waals surface area contributed by atoms with Gasteiger partial charge in [0.2, 0.25) is 0 Å². The highest BCUT2D eigenvalue weighted by atomic mass is 32.2. The normalized spacial score (nSPS) is 10.4. The molecule has 0 heterocycles. The Hall–Kier alpha value is -3.72. The Morgan fingerprint density at radius 2 is 1.58 bits per heavy atom. The number of nitrogens with zero attached hydrogens (tertiary/aromatic N) is 1. The van der Waals surface area contributed by atoms with Crippen LogP contribution in [0.15, 0.2) is 71.6 Å². The van der Waals surface area contributed by atoms with Gasteiger partial charge < -0.3 is 0 Å². The summed E-state index contributed by atoms with van der Waals surface area (Å²) in [4.78, 5) is 35.7. The quantitative estimate of drug-likeness (QED) is 0.337. The maximum Gasteiger partial charge on any atom is 0.283 e. The van der Waals surface area contributed by atoms with Gasteiger partial charge in [-0.25, -0.2) is 4.39 Å². The fourth-order valence-electron chi connectivity index (χ4n) is 2.71. The van der Waals surface area contributed by atoms with Gasteiger partial charge >= 0.3 is 0 Å². The Bertz CT molecular complexity index is 1140. The van der Waals surface area contributed by atoms with Crippen LogP contribution in [0.1, 0.15) is 31.8 Å². The molecule has 0 aliphatic carbocycles. The molecule has 0 unspecified atom stereocenters. The van der Waals surface area contributed by atoms with Crippen LogP contribution in [0.3, 0.4) is 0 Å². The van der Waals surface area contributed by atoms with E-state index in [4.69, 9.17) is 0 Å². The van der Waals surface area contributed by atoms with Crippen LogP contribution in [-0.2, 0) is 5.75 Å². The zero-order valence-electron chi connectivity index (χ0n) is 16.4. The number of rotatable bonds is 6. The molecule has 0 atom stereocenters. The lowest BCUT2D eigenvalue weighted by atomic mass is 10.1. The van der Waals surface area contributed by atoms with Gasteiger partial charge in [-0.15, -0.1) is 11.8 Å². The summed E-state index contributed by atoms with van der Waals surface area (Å²) in [6.07, 6.45) is 0. The Morgan fingerprint density at radius 3 is 2.23 bits per heavy atom. The molecule has 9 heteroatoms. The number of thioether (sulfide) groups is 1. The van der Waals surface area contributed by atoms with Gasteiger partial charge in [-0.05, 0) is 54.4 Å². The average molecular weight is 439 g/mol. The maximum atomic E-state index is 12.9. The van der Waals surface area contributed by atoms with Gasteiger partial charge in [0.05, 0.1) is 9.82 Å². The Morgan fingerprint density at radius 1 is 0.968 bits per heavy atom. The summed E-state index contributed by atoms with van der Waals surface area (Å²) in [6.45, 7) is 1.97. The number of nitro benzene ring substituents is 1. The van der Waals surface area contributed by atoms with Crippen LogP contribution in [0.2, 0.25) is 0 Å². The molecule has 0 bridgehead atoms. The van der Waals surface area contributed by atoms with Crippen molar-refractivity contribution in [3.05, 3.63) is 105 Å². The van der Waals surface area contributed by atoms with Crippen LogP contribution in [0, 0.1) is 22.9 Å². The monoisotopic (exact) mass is 439 g/mol. The zero-order valence-corrected chi connectivity index (χ0v) is 17.2. The molecule has 0 fully saturated rings. The predicted octanol–water partition coefficient (Wildman–Crippen LogP) is 4.41. The second kappa shape index (κ2) is 9.86. The average Bonchev–Trinajstić information content (AvgIpc) is 2.77. The third-order valence-electron chi connectivity index (χ3n) is 4.46. The lowest BCUT2D eigenvalue weighted by Crippen LogP contribution is -2.41. The first kappa shape index (κ1) is 22.0. The summed E-state index contributed by atoms with van der Waals surface area (Å²) in [5.74, 6) is -1.30. The third-order valence-corrected chi connectivity index (χ3v) is 5.57. The number of carbonyl (C=O) groups excluding carboxylic acids is 2. The predicted molar refractivity (Wildman–Crippen MR) is 115 cm³/mol. The van der Waals surface area contributed by atoms with Crippen LogP contribution in [-0.4, -0.2) is 16.7 Å². The molecule has 0 radical (unpaired) electrons. The van der Waals surface area contributed by atoms with E-state index in [-0.39, 0.29) is 16.8 Å². The molecule has 158 valence electrons. The fraction of sp³-hybridized carbons (Fsp3) is 0.0909. The molecule has 7 nitrogen and oxygen atoms in total. The van der Waals surface area contributed by atoms with E-state index in [2.05, 4.69) is 10.9 Å². The van der Waals surface area contributed by atoms with Crippen molar-refractivity contribution in [1.82, 2.24) is 10.9 Å². The Kier molecular flexibility index (Phi) is 6.99. The summed E-state index contributed by atoms with van der Waals surface area (Å²) >= 11 is 1.31. The van der Waals surface area contributed by atoms with Crippen LogP contribution in [0.4, 0.5) is 10.1 Å². The number of nitrogens with one attached hydrogen (secondary N) is 2. The highest BCUT2D eigenvalue weighted by Gasteiger charge is 2.19. The largest absolute Gasteiger partial charge is 0.283 e. The number of aryl methyl sites for hydroxylation is 1. The van der Waals surface area contributed by atoms with Crippen molar-refractivity contribution < 1.29 is 18.9 Å². The summed E-state index contributed by atoms with van der Waals surface area (Å²) in [5, 5.41) is 11.5.